The Morgan fingerprint density at radius 3 is 2.62 bits per heavy atom. The molecule has 0 unspecified atom stereocenters. The van der Waals surface area contributed by atoms with Gasteiger partial charge in [0.05, 0.1) is 23.2 Å². The van der Waals surface area contributed by atoms with Crippen molar-refractivity contribution in [1.29, 1.82) is 0 Å². The van der Waals surface area contributed by atoms with E-state index in [-0.39, 0.29) is 25.0 Å². The van der Waals surface area contributed by atoms with Gasteiger partial charge < -0.3 is 10.1 Å². The smallest absolute Gasteiger partial charge is 0.312 e. The average Bonchev–Trinajstić information content (AvgIpc) is 2.93. The van der Waals surface area contributed by atoms with E-state index in [1.165, 1.54) is 22.5 Å². The van der Waals surface area contributed by atoms with Crippen molar-refractivity contribution in [2.24, 2.45) is 0 Å². The van der Waals surface area contributed by atoms with Crippen LogP contribution in [0.5, 0.6) is 0 Å². The molecule has 6 heteroatoms. The van der Waals surface area contributed by atoms with Gasteiger partial charge in [0.1, 0.15) is 0 Å². The van der Waals surface area contributed by atoms with Crippen molar-refractivity contribution in [2.45, 2.75) is 40.2 Å². The zero-order chi connectivity index (χ0) is 17.7. The van der Waals surface area contributed by atoms with E-state index in [9.17, 15) is 9.59 Å². The summed E-state index contributed by atoms with van der Waals surface area (Å²) in [5.74, 6) is -0.766. The van der Waals surface area contributed by atoms with Gasteiger partial charge in [0.25, 0.3) is 5.91 Å². The average molecular weight is 346 g/mol. The number of hydrogen-bond acceptors (Lipinski definition) is 5. The highest BCUT2D eigenvalue weighted by atomic mass is 32.1. The largest absolute Gasteiger partial charge is 0.455 e. The lowest BCUT2D eigenvalue weighted by atomic mass is 10.0. The highest BCUT2D eigenvalue weighted by Gasteiger charge is 2.13. The van der Waals surface area contributed by atoms with Crippen LogP contribution in [0.1, 0.15) is 40.4 Å². The predicted molar refractivity (Wildman–Crippen MR) is 94.0 cm³/mol. The highest BCUT2D eigenvalue weighted by molar-refractivity contribution is 7.09. The molecule has 128 valence electrons. The standard InChI is InChI=1S/C18H22N2O3S/c1-11-5-6-15(7-12(11)2)13(3)19-17(21)9-23-18(22)8-16-10-24-14(4)20-16/h5-7,10,13H,8-9H2,1-4H3,(H,19,21)/t13-/m0/s1. The normalized spacial score (nSPS) is 11.8. The second-order valence-corrected chi connectivity index (χ2v) is 6.89. The molecule has 24 heavy (non-hydrogen) atoms. The molecule has 0 saturated carbocycles. The number of amides is 1. The molecule has 5 nitrogen and oxygen atoms in total. The molecular weight excluding hydrogens is 324 g/mol. The lowest BCUT2D eigenvalue weighted by molar-refractivity contribution is -0.148. The lowest BCUT2D eigenvalue weighted by Gasteiger charge is -2.15. The fourth-order valence-corrected chi connectivity index (χ4v) is 2.85. The number of nitrogens with zero attached hydrogens (tertiary/aromatic N) is 1. The van der Waals surface area contributed by atoms with Crippen molar-refractivity contribution in [3.05, 3.63) is 51.0 Å². The van der Waals surface area contributed by atoms with Gasteiger partial charge in [-0.1, -0.05) is 18.2 Å². The Morgan fingerprint density at radius 1 is 1.25 bits per heavy atom. The summed E-state index contributed by atoms with van der Waals surface area (Å²) >= 11 is 1.48. The van der Waals surface area contributed by atoms with Crippen molar-refractivity contribution in [3.8, 4) is 0 Å². The third-order valence-electron chi connectivity index (χ3n) is 3.76. The second-order valence-electron chi connectivity index (χ2n) is 5.83. The van der Waals surface area contributed by atoms with Gasteiger partial charge in [0.15, 0.2) is 6.61 Å². The molecule has 1 heterocycles. The van der Waals surface area contributed by atoms with Crippen molar-refractivity contribution in [2.75, 3.05) is 6.61 Å². The molecule has 0 bridgehead atoms. The Bertz CT molecular complexity index is 740. The Kier molecular flexibility index (Phi) is 6.09. The van der Waals surface area contributed by atoms with Gasteiger partial charge in [-0.3, -0.25) is 9.59 Å². The first-order valence-corrected chi connectivity index (χ1v) is 8.66. The molecule has 0 aliphatic heterocycles. The first kappa shape index (κ1) is 18.1. The van der Waals surface area contributed by atoms with Gasteiger partial charge in [0, 0.05) is 5.38 Å². The number of hydrogen-bond donors (Lipinski definition) is 1. The van der Waals surface area contributed by atoms with E-state index in [0.717, 1.165) is 10.6 Å². The number of benzene rings is 1. The quantitative estimate of drug-likeness (QED) is 0.817. The van der Waals surface area contributed by atoms with Crippen LogP contribution in [-0.4, -0.2) is 23.5 Å². The summed E-state index contributed by atoms with van der Waals surface area (Å²) in [7, 11) is 0. The molecule has 1 aromatic heterocycles. The number of aryl methyl sites for hydroxylation is 3. The van der Waals surface area contributed by atoms with Crippen LogP contribution in [0.2, 0.25) is 0 Å². The number of carbonyl (C=O) groups is 2. The zero-order valence-electron chi connectivity index (χ0n) is 14.4. The van der Waals surface area contributed by atoms with Crippen LogP contribution in [-0.2, 0) is 20.7 Å². The number of aromatic nitrogens is 1. The van der Waals surface area contributed by atoms with Gasteiger partial charge >= 0.3 is 5.97 Å². The fourth-order valence-electron chi connectivity index (χ4n) is 2.23. The molecule has 2 rings (SSSR count). The predicted octanol–water partition coefficient (Wildman–Crippen LogP) is 3.03. The molecule has 1 atom stereocenters. The van der Waals surface area contributed by atoms with Gasteiger partial charge in [0.2, 0.25) is 0 Å². The molecule has 1 N–H and O–H groups in total. The maximum absolute atomic E-state index is 11.9. The maximum atomic E-state index is 11.9. The zero-order valence-corrected chi connectivity index (χ0v) is 15.2. The Morgan fingerprint density at radius 2 is 2.00 bits per heavy atom. The monoisotopic (exact) mass is 346 g/mol. The molecule has 0 aliphatic carbocycles. The summed E-state index contributed by atoms with van der Waals surface area (Å²) in [6, 6.07) is 5.93. The minimum absolute atomic E-state index is 0.0876. The first-order chi connectivity index (χ1) is 11.3. The van der Waals surface area contributed by atoms with Crippen LogP contribution >= 0.6 is 11.3 Å². The SMILES string of the molecule is Cc1nc(CC(=O)OCC(=O)N[C@@H](C)c2ccc(C)c(C)c2)cs1. The molecule has 0 fully saturated rings. The van der Waals surface area contributed by atoms with Crippen LogP contribution in [0.15, 0.2) is 23.6 Å². The minimum Gasteiger partial charge on any atom is -0.455 e. The Labute approximate surface area is 146 Å². The first-order valence-electron chi connectivity index (χ1n) is 7.78. The molecule has 1 amide bonds. The molecule has 0 radical (unpaired) electrons. The van der Waals surface area contributed by atoms with Gasteiger partial charge in [-0.2, -0.15) is 0 Å². The van der Waals surface area contributed by atoms with Gasteiger partial charge in [-0.25, -0.2) is 4.98 Å². The summed E-state index contributed by atoms with van der Waals surface area (Å²) in [4.78, 5) is 27.9. The molecule has 0 saturated heterocycles. The second kappa shape index (κ2) is 8.06. The van der Waals surface area contributed by atoms with Gasteiger partial charge in [-0.15, -0.1) is 11.3 Å². The summed E-state index contributed by atoms with van der Waals surface area (Å²) < 4.78 is 5.01. The third-order valence-corrected chi connectivity index (χ3v) is 4.59. The minimum atomic E-state index is -0.450. The van der Waals surface area contributed by atoms with Crippen LogP contribution in [0, 0.1) is 20.8 Å². The van der Waals surface area contributed by atoms with Crippen molar-refractivity contribution >= 4 is 23.2 Å². The molecule has 2 aromatic rings. The van der Waals surface area contributed by atoms with Crippen LogP contribution in [0.25, 0.3) is 0 Å². The van der Waals surface area contributed by atoms with E-state index in [1.54, 1.807) is 0 Å². The molecule has 1 aromatic carbocycles. The summed E-state index contributed by atoms with van der Waals surface area (Å²) in [5.41, 5.74) is 4.09. The van der Waals surface area contributed by atoms with Crippen molar-refractivity contribution < 1.29 is 14.3 Å². The summed E-state index contributed by atoms with van der Waals surface area (Å²) in [6.07, 6.45) is 0.0876. The van der Waals surface area contributed by atoms with Gasteiger partial charge in [-0.05, 0) is 44.4 Å². The van der Waals surface area contributed by atoms with Crippen molar-refractivity contribution in [1.82, 2.24) is 10.3 Å². The van der Waals surface area contributed by atoms with E-state index in [0.29, 0.717) is 5.69 Å². The summed E-state index contributed by atoms with van der Waals surface area (Å²) in [5, 5.41) is 5.56. The number of esters is 1. The van der Waals surface area contributed by atoms with Crippen LogP contribution in [0.3, 0.4) is 0 Å². The van der Waals surface area contributed by atoms with Crippen LogP contribution < -0.4 is 5.32 Å². The third kappa shape index (κ3) is 5.16. The van der Waals surface area contributed by atoms with E-state index in [1.807, 2.05) is 45.2 Å². The van der Waals surface area contributed by atoms with Crippen LogP contribution in [0.4, 0.5) is 0 Å². The van der Waals surface area contributed by atoms with E-state index in [2.05, 4.69) is 16.4 Å². The number of carbonyl (C=O) groups excluding carboxylic acids is 2. The van der Waals surface area contributed by atoms with E-state index in [4.69, 9.17) is 4.74 Å². The lowest BCUT2D eigenvalue weighted by Crippen LogP contribution is -2.31. The fraction of sp³-hybridized carbons (Fsp3) is 0.389. The number of rotatable bonds is 6. The Balaban J connectivity index is 1.79. The molecule has 0 aliphatic rings. The maximum Gasteiger partial charge on any atom is 0.312 e. The van der Waals surface area contributed by atoms with E-state index < -0.39 is 5.97 Å². The number of ether oxygens (including phenoxy) is 1. The topological polar surface area (TPSA) is 68.3 Å². The molecular formula is C18H22N2O3S. The number of thiazole rings is 1. The summed E-state index contributed by atoms with van der Waals surface area (Å²) in [6.45, 7) is 7.58. The highest BCUT2D eigenvalue weighted by Crippen LogP contribution is 2.16. The number of nitrogens with one attached hydrogen (secondary N) is 1. The van der Waals surface area contributed by atoms with E-state index >= 15 is 0 Å². The Hall–Kier alpha value is -2.21. The van der Waals surface area contributed by atoms with Crippen molar-refractivity contribution in [3.63, 3.8) is 0 Å². The molecule has 0 spiro atoms.